The molecule has 0 aliphatic carbocycles. The van der Waals surface area contributed by atoms with Crippen LogP contribution in [0.15, 0.2) is 21.7 Å². The van der Waals surface area contributed by atoms with Crippen LogP contribution in [0.4, 0.5) is 17.6 Å². The maximum Gasteiger partial charge on any atom is 0.431 e. The van der Waals surface area contributed by atoms with Gasteiger partial charge in [-0.25, -0.2) is 28.5 Å². The first-order valence-electron chi connectivity index (χ1n) is 7.07. The topological polar surface area (TPSA) is 75.3 Å². The minimum Gasteiger partial charge on any atom is -0.292 e. The van der Waals surface area contributed by atoms with E-state index in [0.717, 1.165) is 13.1 Å². The number of hydrogen-bond acceptors (Lipinski definition) is 5. The molecule has 0 bridgehead atoms. The number of pyridine rings is 1. The van der Waals surface area contributed by atoms with E-state index in [0.29, 0.717) is 0 Å². The van der Waals surface area contributed by atoms with Crippen molar-refractivity contribution in [1.29, 1.82) is 0 Å². The third kappa shape index (κ3) is 3.94. The number of rotatable bonds is 5. The number of nitrogens with zero attached hydrogens (tertiary/aromatic N) is 3. The first-order chi connectivity index (χ1) is 12.1. The Labute approximate surface area is 148 Å². The van der Waals surface area contributed by atoms with E-state index in [9.17, 15) is 27.2 Å². The van der Waals surface area contributed by atoms with Gasteiger partial charge in [0.2, 0.25) is 0 Å². The second-order valence-corrected chi connectivity index (χ2v) is 5.34. The van der Waals surface area contributed by atoms with Crippen LogP contribution < -0.4 is 11.2 Å². The smallest absolute Gasteiger partial charge is 0.292 e. The summed E-state index contributed by atoms with van der Waals surface area (Å²) < 4.78 is 53.1. The average Bonchev–Trinajstić information content (AvgIpc) is 2.53. The van der Waals surface area contributed by atoms with E-state index in [2.05, 4.69) is 9.87 Å². The Morgan fingerprint density at radius 1 is 1.23 bits per heavy atom. The first-order valence-corrected chi connectivity index (χ1v) is 7.45. The molecule has 0 N–H and O–H groups in total. The molecule has 7 nitrogen and oxygen atoms in total. The fourth-order valence-electron chi connectivity index (χ4n) is 2.03. The van der Waals surface area contributed by atoms with E-state index in [1.807, 2.05) is 0 Å². The molecule has 0 spiro atoms. The molecule has 0 saturated heterocycles. The summed E-state index contributed by atoms with van der Waals surface area (Å²) >= 11 is 5.81. The maximum absolute atomic E-state index is 14.2. The molecule has 2 aromatic heterocycles. The molecule has 0 saturated carbocycles. The van der Waals surface area contributed by atoms with Crippen LogP contribution in [0.3, 0.4) is 0 Å². The van der Waals surface area contributed by atoms with Crippen LogP contribution in [0.5, 0.6) is 0 Å². The van der Waals surface area contributed by atoms with Crippen molar-refractivity contribution in [3.05, 3.63) is 55.2 Å². The van der Waals surface area contributed by atoms with Crippen molar-refractivity contribution in [1.82, 2.24) is 14.1 Å². The van der Waals surface area contributed by atoms with Gasteiger partial charge in [0.25, 0.3) is 5.56 Å². The number of halogens is 5. The molecule has 12 heteroatoms. The lowest BCUT2D eigenvalue weighted by Crippen LogP contribution is -2.41. The zero-order chi connectivity index (χ0) is 19.6. The van der Waals surface area contributed by atoms with Gasteiger partial charge >= 0.3 is 11.9 Å². The van der Waals surface area contributed by atoms with E-state index in [4.69, 9.17) is 16.5 Å². The normalized spacial score (nSPS) is 11.8. The summed E-state index contributed by atoms with van der Waals surface area (Å²) in [6.45, 7) is 1.50. The highest BCUT2D eigenvalue weighted by Gasteiger charge is 2.35. The molecule has 0 atom stereocenters. The fraction of sp³-hybridized carbons (Fsp3) is 0.357. The molecule has 2 heterocycles. The third-order valence-electron chi connectivity index (χ3n) is 3.20. The van der Waals surface area contributed by atoms with Crippen LogP contribution in [0, 0.1) is 5.82 Å². The lowest BCUT2D eigenvalue weighted by Gasteiger charge is -2.14. The molecule has 0 fully saturated rings. The van der Waals surface area contributed by atoms with Crippen molar-refractivity contribution < 1.29 is 27.3 Å². The van der Waals surface area contributed by atoms with Gasteiger partial charge in [0, 0.05) is 13.1 Å². The maximum atomic E-state index is 14.2. The predicted octanol–water partition coefficient (Wildman–Crippen LogP) is 2.21. The van der Waals surface area contributed by atoms with Crippen LogP contribution in [0.1, 0.15) is 18.3 Å². The molecular formula is C14H12ClF4N3O4. The Bertz CT molecular complexity index is 940. The summed E-state index contributed by atoms with van der Waals surface area (Å²) in [7, 11) is 0.800. The first kappa shape index (κ1) is 20.1. The van der Waals surface area contributed by atoms with Gasteiger partial charge in [-0.15, -0.1) is 0 Å². The van der Waals surface area contributed by atoms with E-state index >= 15 is 0 Å². The monoisotopic (exact) mass is 397 g/mol. The summed E-state index contributed by atoms with van der Waals surface area (Å²) in [6.07, 6.45) is -4.94. The Morgan fingerprint density at radius 2 is 1.88 bits per heavy atom. The molecule has 0 unspecified atom stereocenters. The molecule has 0 radical (unpaired) electrons. The average molecular weight is 398 g/mol. The van der Waals surface area contributed by atoms with Crippen LogP contribution >= 0.6 is 11.6 Å². The highest BCUT2D eigenvalue weighted by Crippen LogP contribution is 2.27. The minimum atomic E-state index is -4.94. The van der Waals surface area contributed by atoms with Gasteiger partial charge in [0.1, 0.15) is 12.3 Å². The fourth-order valence-corrected chi connectivity index (χ4v) is 2.22. The lowest BCUT2D eigenvalue weighted by molar-refractivity contribution is -0.301. The molecule has 2 aromatic rings. The van der Waals surface area contributed by atoms with Gasteiger partial charge < -0.3 is 0 Å². The molecule has 2 rings (SSSR count). The second kappa shape index (κ2) is 7.56. The van der Waals surface area contributed by atoms with Gasteiger partial charge in [-0.1, -0.05) is 11.6 Å². The Balaban J connectivity index is 2.65. The van der Waals surface area contributed by atoms with Crippen LogP contribution in [-0.4, -0.2) is 20.7 Å². The van der Waals surface area contributed by atoms with Crippen molar-refractivity contribution in [2.75, 3.05) is 6.61 Å². The molecule has 0 aliphatic rings. The quantitative estimate of drug-likeness (QED) is 0.335. The van der Waals surface area contributed by atoms with Crippen molar-refractivity contribution in [2.45, 2.75) is 19.7 Å². The van der Waals surface area contributed by atoms with Crippen molar-refractivity contribution in [3.8, 4) is 5.82 Å². The highest BCUT2D eigenvalue weighted by atomic mass is 35.5. The molecule has 0 aliphatic heterocycles. The van der Waals surface area contributed by atoms with Crippen LogP contribution in [0.2, 0.25) is 5.02 Å². The Hall–Kier alpha value is -2.24. The highest BCUT2D eigenvalue weighted by molar-refractivity contribution is 6.31. The van der Waals surface area contributed by atoms with E-state index < -0.39 is 34.8 Å². The van der Waals surface area contributed by atoms with Gasteiger partial charge in [-0.05, 0) is 13.0 Å². The van der Waals surface area contributed by atoms with Crippen LogP contribution in [-0.2, 0) is 29.6 Å². The summed E-state index contributed by atoms with van der Waals surface area (Å²) in [4.78, 5) is 37.3. The van der Waals surface area contributed by atoms with E-state index in [-0.39, 0.29) is 39.1 Å². The molecule has 0 aromatic carbocycles. The third-order valence-corrected chi connectivity index (χ3v) is 3.53. The number of hydrogen-bond donors (Lipinski definition) is 0. The zero-order valence-electron chi connectivity index (χ0n) is 13.4. The van der Waals surface area contributed by atoms with E-state index in [1.54, 1.807) is 6.92 Å². The van der Waals surface area contributed by atoms with Gasteiger partial charge in [-0.3, -0.25) is 9.36 Å². The lowest BCUT2D eigenvalue weighted by atomic mass is 10.3. The summed E-state index contributed by atoms with van der Waals surface area (Å²) in [5.41, 5.74) is -4.37. The molecule has 142 valence electrons. The Kier molecular flexibility index (Phi) is 5.84. The minimum absolute atomic E-state index is 0.0784. The SMILES string of the molecule is CCOOCc1nc(-n2c(=O)cc(C(F)(F)F)n(C)c2=O)c(F)cc1Cl. The van der Waals surface area contributed by atoms with Crippen molar-refractivity contribution in [2.24, 2.45) is 7.05 Å². The van der Waals surface area contributed by atoms with Crippen molar-refractivity contribution >= 4 is 11.6 Å². The van der Waals surface area contributed by atoms with E-state index in [1.165, 1.54) is 0 Å². The zero-order valence-corrected chi connectivity index (χ0v) is 14.2. The standard InChI is InChI=1S/C14H12ClF4N3O4/c1-3-25-26-6-9-7(15)4-8(16)12(20-9)22-11(23)5-10(14(17,18)19)21(2)13(22)24/h4-5H,3,6H2,1-2H3. The largest absolute Gasteiger partial charge is 0.431 e. The molecule has 0 amide bonds. The van der Waals surface area contributed by atoms with Gasteiger partial charge in [0.05, 0.1) is 17.3 Å². The second-order valence-electron chi connectivity index (χ2n) is 4.93. The van der Waals surface area contributed by atoms with Crippen LogP contribution in [0.25, 0.3) is 5.82 Å². The molecule has 26 heavy (non-hydrogen) atoms. The van der Waals surface area contributed by atoms with Gasteiger partial charge in [0.15, 0.2) is 11.6 Å². The Morgan fingerprint density at radius 3 is 2.46 bits per heavy atom. The van der Waals surface area contributed by atoms with Crippen molar-refractivity contribution in [3.63, 3.8) is 0 Å². The predicted molar refractivity (Wildman–Crippen MR) is 81.5 cm³/mol. The number of alkyl halides is 3. The van der Waals surface area contributed by atoms with Gasteiger partial charge in [-0.2, -0.15) is 13.2 Å². The summed E-state index contributed by atoms with van der Waals surface area (Å²) in [5.74, 6) is -1.97. The summed E-state index contributed by atoms with van der Waals surface area (Å²) in [5, 5.41) is -0.178. The number of aromatic nitrogens is 3. The molecular weight excluding hydrogens is 386 g/mol. The summed E-state index contributed by atoms with van der Waals surface area (Å²) in [6, 6.07) is 0.936.